The average Bonchev–Trinajstić information content (AvgIpc) is 2.29. The molecular formula is C11H12O5. The highest BCUT2D eigenvalue weighted by Gasteiger charge is 2.20. The summed E-state index contributed by atoms with van der Waals surface area (Å²) >= 11 is 0. The first kappa shape index (κ1) is 12.0. The van der Waals surface area contributed by atoms with Crippen LogP contribution in [-0.4, -0.2) is 31.6 Å². The van der Waals surface area contributed by atoms with Gasteiger partial charge >= 0.3 is 5.97 Å². The lowest BCUT2D eigenvalue weighted by atomic mass is 10.0. The van der Waals surface area contributed by atoms with Crippen molar-refractivity contribution >= 4 is 12.3 Å². The molecule has 0 spiro atoms. The lowest BCUT2D eigenvalue weighted by molar-refractivity contribution is -0.140. The number of carbonyl (C=O) groups excluding carboxylic acids is 1. The molecule has 0 amide bonds. The monoisotopic (exact) mass is 224 g/mol. The number of benzene rings is 1. The minimum absolute atomic E-state index is 0.361. The van der Waals surface area contributed by atoms with E-state index in [4.69, 9.17) is 14.6 Å². The highest BCUT2D eigenvalue weighted by Crippen LogP contribution is 2.30. The molecule has 0 saturated carbocycles. The SMILES string of the molecule is COc1ccc(C(C=O)C(=O)O)cc1OC. The van der Waals surface area contributed by atoms with E-state index in [1.165, 1.54) is 26.4 Å². The van der Waals surface area contributed by atoms with Gasteiger partial charge in [-0.3, -0.25) is 4.79 Å². The van der Waals surface area contributed by atoms with Crippen LogP contribution in [0.15, 0.2) is 18.2 Å². The van der Waals surface area contributed by atoms with Crippen LogP contribution in [0.4, 0.5) is 0 Å². The maximum atomic E-state index is 10.8. The zero-order chi connectivity index (χ0) is 12.1. The van der Waals surface area contributed by atoms with Crippen molar-refractivity contribution in [3.8, 4) is 11.5 Å². The summed E-state index contributed by atoms with van der Waals surface area (Å²) in [4.78, 5) is 21.4. The largest absolute Gasteiger partial charge is 0.493 e. The second-order valence-electron chi connectivity index (χ2n) is 3.07. The molecule has 0 aliphatic heterocycles. The lowest BCUT2D eigenvalue weighted by Gasteiger charge is -2.11. The molecule has 1 atom stereocenters. The molecule has 0 aromatic heterocycles. The zero-order valence-electron chi connectivity index (χ0n) is 8.97. The molecule has 0 heterocycles. The van der Waals surface area contributed by atoms with E-state index in [9.17, 15) is 9.59 Å². The van der Waals surface area contributed by atoms with E-state index in [0.29, 0.717) is 23.3 Å². The number of carboxylic acid groups (broad SMARTS) is 1. The predicted molar refractivity (Wildman–Crippen MR) is 56.0 cm³/mol. The lowest BCUT2D eigenvalue weighted by Crippen LogP contribution is -2.12. The van der Waals surface area contributed by atoms with E-state index in [1.807, 2.05) is 0 Å². The first-order chi connectivity index (χ1) is 7.63. The van der Waals surface area contributed by atoms with Crippen LogP contribution in [0.1, 0.15) is 11.5 Å². The standard InChI is InChI=1S/C11H12O5/c1-15-9-4-3-7(5-10(9)16-2)8(6-12)11(13)14/h3-6,8H,1-2H3,(H,13,14). The highest BCUT2D eigenvalue weighted by molar-refractivity contribution is 5.93. The van der Waals surface area contributed by atoms with Crippen LogP contribution < -0.4 is 9.47 Å². The van der Waals surface area contributed by atoms with Gasteiger partial charge in [0.25, 0.3) is 0 Å². The number of ether oxygens (including phenoxy) is 2. The predicted octanol–water partition coefficient (Wildman–Crippen LogP) is 1.07. The van der Waals surface area contributed by atoms with Gasteiger partial charge in [0.05, 0.1) is 14.2 Å². The van der Waals surface area contributed by atoms with E-state index in [1.54, 1.807) is 6.07 Å². The second kappa shape index (κ2) is 5.16. The third kappa shape index (κ3) is 2.31. The molecule has 1 unspecified atom stereocenters. The summed E-state index contributed by atoms with van der Waals surface area (Å²) in [6.07, 6.45) is 0.379. The Kier molecular flexibility index (Phi) is 3.88. The summed E-state index contributed by atoms with van der Waals surface area (Å²) in [6.45, 7) is 0. The fourth-order valence-corrected chi connectivity index (χ4v) is 1.33. The number of hydrogen-bond donors (Lipinski definition) is 1. The van der Waals surface area contributed by atoms with Gasteiger partial charge in [-0.1, -0.05) is 6.07 Å². The Balaban J connectivity index is 3.15. The summed E-state index contributed by atoms with van der Waals surface area (Å²) in [7, 11) is 2.92. The normalized spacial score (nSPS) is 11.6. The van der Waals surface area contributed by atoms with Crippen molar-refractivity contribution in [2.24, 2.45) is 0 Å². The van der Waals surface area contributed by atoms with Crippen LogP contribution in [0, 0.1) is 0 Å². The fourth-order valence-electron chi connectivity index (χ4n) is 1.33. The topological polar surface area (TPSA) is 72.8 Å². The van der Waals surface area contributed by atoms with Gasteiger partial charge in [0.15, 0.2) is 11.5 Å². The van der Waals surface area contributed by atoms with Crippen molar-refractivity contribution in [1.82, 2.24) is 0 Å². The second-order valence-corrected chi connectivity index (χ2v) is 3.07. The van der Waals surface area contributed by atoms with Crippen LogP contribution >= 0.6 is 0 Å². The van der Waals surface area contributed by atoms with Crippen molar-refractivity contribution in [3.05, 3.63) is 23.8 Å². The van der Waals surface area contributed by atoms with Crippen LogP contribution in [-0.2, 0) is 9.59 Å². The van der Waals surface area contributed by atoms with Gasteiger partial charge in [-0.2, -0.15) is 0 Å². The Morgan fingerprint density at radius 1 is 1.31 bits per heavy atom. The molecule has 1 rings (SSSR count). The molecular weight excluding hydrogens is 212 g/mol. The van der Waals surface area contributed by atoms with Crippen molar-refractivity contribution in [1.29, 1.82) is 0 Å². The Labute approximate surface area is 92.6 Å². The van der Waals surface area contributed by atoms with Crippen LogP contribution in [0.3, 0.4) is 0 Å². The number of rotatable bonds is 5. The Morgan fingerprint density at radius 3 is 2.38 bits per heavy atom. The van der Waals surface area contributed by atoms with E-state index in [0.717, 1.165) is 0 Å². The van der Waals surface area contributed by atoms with Gasteiger partial charge in [0, 0.05) is 0 Å². The third-order valence-electron chi connectivity index (χ3n) is 2.17. The highest BCUT2D eigenvalue weighted by atomic mass is 16.5. The number of aliphatic carboxylic acids is 1. The van der Waals surface area contributed by atoms with Crippen molar-refractivity contribution < 1.29 is 24.2 Å². The van der Waals surface area contributed by atoms with Gasteiger partial charge in [-0.25, -0.2) is 0 Å². The fraction of sp³-hybridized carbons (Fsp3) is 0.273. The van der Waals surface area contributed by atoms with Gasteiger partial charge in [-0.15, -0.1) is 0 Å². The molecule has 0 radical (unpaired) electrons. The van der Waals surface area contributed by atoms with E-state index in [-0.39, 0.29) is 0 Å². The molecule has 1 N–H and O–H groups in total. The Hall–Kier alpha value is -2.04. The zero-order valence-corrected chi connectivity index (χ0v) is 8.97. The molecule has 86 valence electrons. The number of carboxylic acids is 1. The first-order valence-corrected chi connectivity index (χ1v) is 4.54. The number of aldehydes is 1. The summed E-state index contributed by atoms with van der Waals surface area (Å²) in [5.74, 6) is -1.49. The summed E-state index contributed by atoms with van der Waals surface area (Å²) in [5.41, 5.74) is 0.361. The molecule has 0 aliphatic carbocycles. The Morgan fingerprint density at radius 2 is 1.94 bits per heavy atom. The summed E-state index contributed by atoms with van der Waals surface area (Å²) < 4.78 is 10.0. The van der Waals surface area contributed by atoms with Crippen LogP contribution in [0.2, 0.25) is 0 Å². The maximum Gasteiger partial charge on any atom is 0.318 e. The minimum Gasteiger partial charge on any atom is -0.493 e. The number of hydrogen-bond acceptors (Lipinski definition) is 4. The average molecular weight is 224 g/mol. The summed E-state index contributed by atoms with van der Waals surface area (Å²) in [5, 5.41) is 8.81. The smallest absolute Gasteiger partial charge is 0.318 e. The molecule has 1 aromatic rings. The summed E-state index contributed by atoms with van der Waals surface area (Å²) in [6, 6.07) is 4.56. The van der Waals surface area contributed by atoms with Crippen LogP contribution in [0.5, 0.6) is 11.5 Å². The third-order valence-corrected chi connectivity index (χ3v) is 2.17. The molecule has 0 bridgehead atoms. The Bertz CT molecular complexity index is 399. The molecule has 1 aromatic carbocycles. The van der Waals surface area contributed by atoms with Crippen molar-refractivity contribution in [2.45, 2.75) is 5.92 Å². The van der Waals surface area contributed by atoms with E-state index < -0.39 is 11.9 Å². The molecule has 0 aliphatic rings. The van der Waals surface area contributed by atoms with Crippen LogP contribution in [0.25, 0.3) is 0 Å². The molecule has 5 nitrogen and oxygen atoms in total. The van der Waals surface area contributed by atoms with Gasteiger partial charge in [0.2, 0.25) is 0 Å². The molecule has 0 saturated heterocycles. The van der Waals surface area contributed by atoms with Gasteiger partial charge in [0.1, 0.15) is 12.2 Å². The van der Waals surface area contributed by atoms with Gasteiger partial charge < -0.3 is 19.4 Å². The van der Waals surface area contributed by atoms with Crippen molar-refractivity contribution in [3.63, 3.8) is 0 Å². The minimum atomic E-state index is -1.19. The van der Waals surface area contributed by atoms with E-state index in [2.05, 4.69) is 0 Å². The van der Waals surface area contributed by atoms with Crippen molar-refractivity contribution in [2.75, 3.05) is 14.2 Å². The quantitative estimate of drug-likeness (QED) is 0.598. The number of methoxy groups -OCH3 is 2. The first-order valence-electron chi connectivity index (χ1n) is 4.54. The number of carbonyl (C=O) groups is 2. The van der Waals surface area contributed by atoms with E-state index >= 15 is 0 Å². The molecule has 16 heavy (non-hydrogen) atoms. The molecule has 0 fully saturated rings. The van der Waals surface area contributed by atoms with Gasteiger partial charge in [-0.05, 0) is 17.7 Å². The molecule has 5 heteroatoms. The maximum absolute atomic E-state index is 10.8.